The first kappa shape index (κ1) is 13.3. The minimum atomic E-state index is 0.758. The topological polar surface area (TPSA) is 24.5 Å². The van der Waals surface area contributed by atoms with E-state index in [1.807, 2.05) is 0 Å². The van der Waals surface area contributed by atoms with E-state index in [9.17, 15) is 0 Å². The average molecular weight is 240 g/mol. The first-order chi connectivity index (χ1) is 8.31. The summed E-state index contributed by atoms with van der Waals surface area (Å²) < 4.78 is 5.56. The Morgan fingerprint density at radius 3 is 2.35 bits per heavy atom. The Morgan fingerprint density at radius 2 is 1.65 bits per heavy atom. The van der Waals surface area contributed by atoms with Crippen molar-refractivity contribution < 1.29 is 4.74 Å². The molecular formula is C14H28N2O. The van der Waals surface area contributed by atoms with Crippen LogP contribution in [0.3, 0.4) is 0 Å². The van der Waals surface area contributed by atoms with Crippen LogP contribution < -0.4 is 5.32 Å². The number of nitrogens with one attached hydrogen (secondary N) is 1. The maximum Gasteiger partial charge on any atom is 0.0480 e. The van der Waals surface area contributed by atoms with E-state index in [0.29, 0.717) is 0 Å². The van der Waals surface area contributed by atoms with E-state index in [2.05, 4.69) is 24.3 Å². The normalized spacial score (nSPS) is 35.8. The zero-order valence-electron chi connectivity index (χ0n) is 11.5. The smallest absolute Gasteiger partial charge is 0.0480 e. The SMILES string of the molecule is CNC1CCC(N(C)C2CCCOCC2)CC1. The molecule has 17 heavy (non-hydrogen) atoms. The fraction of sp³-hybridized carbons (Fsp3) is 1.00. The van der Waals surface area contributed by atoms with Crippen molar-refractivity contribution in [2.24, 2.45) is 0 Å². The van der Waals surface area contributed by atoms with E-state index in [4.69, 9.17) is 4.74 Å². The third-order valence-electron chi connectivity index (χ3n) is 4.68. The van der Waals surface area contributed by atoms with Crippen LogP contribution >= 0.6 is 0 Å². The van der Waals surface area contributed by atoms with Crippen molar-refractivity contribution in [3.05, 3.63) is 0 Å². The van der Waals surface area contributed by atoms with Crippen molar-refractivity contribution in [3.63, 3.8) is 0 Å². The molecule has 1 N–H and O–H groups in total. The highest BCUT2D eigenvalue weighted by Gasteiger charge is 2.27. The van der Waals surface area contributed by atoms with Gasteiger partial charge in [-0.05, 0) is 59.0 Å². The van der Waals surface area contributed by atoms with Crippen LogP contribution in [-0.2, 0) is 4.74 Å². The summed E-state index contributed by atoms with van der Waals surface area (Å²) in [7, 11) is 4.43. The molecule has 1 aliphatic carbocycles. The van der Waals surface area contributed by atoms with E-state index < -0.39 is 0 Å². The Balaban J connectivity index is 1.80. The summed E-state index contributed by atoms with van der Waals surface area (Å²) in [6, 6.07) is 2.33. The molecule has 1 saturated carbocycles. The predicted molar refractivity (Wildman–Crippen MR) is 71.3 cm³/mol. The lowest BCUT2D eigenvalue weighted by atomic mass is 9.89. The monoisotopic (exact) mass is 240 g/mol. The van der Waals surface area contributed by atoms with E-state index in [0.717, 1.165) is 31.3 Å². The van der Waals surface area contributed by atoms with Gasteiger partial charge in [0.15, 0.2) is 0 Å². The minimum Gasteiger partial charge on any atom is -0.381 e. The number of nitrogens with zero attached hydrogens (tertiary/aromatic N) is 1. The van der Waals surface area contributed by atoms with Crippen molar-refractivity contribution in [2.45, 2.75) is 63.1 Å². The molecule has 3 heteroatoms. The van der Waals surface area contributed by atoms with Crippen molar-refractivity contribution in [1.82, 2.24) is 10.2 Å². The first-order valence-electron chi connectivity index (χ1n) is 7.28. The van der Waals surface area contributed by atoms with Crippen LogP contribution in [0.25, 0.3) is 0 Å². The lowest BCUT2D eigenvalue weighted by molar-refractivity contribution is 0.104. The molecule has 1 aliphatic heterocycles. The predicted octanol–water partition coefficient (Wildman–Crippen LogP) is 2.02. The summed E-state index contributed by atoms with van der Waals surface area (Å²) in [6.45, 7) is 1.93. The number of hydrogen-bond donors (Lipinski definition) is 1. The van der Waals surface area contributed by atoms with E-state index in [1.54, 1.807) is 0 Å². The number of ether oxygens (including phenoxy) is 1. The third-order valence-corrected chi connectivity index (χ3v) is 4.68. The maximum absolute atomic E-state index is 5.56. The van der Waals surface area contributed by atoms with Crippen molar-refractivity contribution in [3.8, 4) is 0 Å². The molecule has 1 atom stereocenters. The molecule has 100 valence electrons. The molecule has 0 spiro atoms. The quantitative estimate of drug-likeness (QED) is 0.817. The van der Waals surface area contributed by atoms with Gasteiger partial charge >= 0.3 is 0 Å². The molecule has 1 unspecified atom stereocenters. The van der Waals surface area contributed by atoms with E-state index >= 15 is 0 Å². The highest BCUT2D eigenvalue weighted by molar-refractivity contribution is 4.84. The Hall–Kier alpha value is -0.120. The van der Waals surface area contributed by atoms with Crippen LogP contribution in [0.4, 0.5) is 0 Å². The van der Waals surface area contributed by atoms with Gasteiger partial charge in [-0.25, -0.2) is 0 Å². The molecule has 0 aromatic heterocycles. The molecule has 2 rings (SSSR count). The van der Waals surface area contributed by atoms with Crippen molar-refractivity contribution in [1.29, 1.82) is 0 Å². The second kappa shape index (κ2) is 6.72. The molecule has 2 fully saturated rings. The molecule has 0 aromatic carbocycles. The molecule has 0 bridgehead atoms. The molecule has 0 amide bonds. The van der Waals surface area contributed by atoms with Gasteiger partial charge < -0.3 is 15.0 Å². The van der Waals surface area contributed by atoms with Gasteiger partial charge in [0.25, 0.3) is 0 Å². The fourth-order valence-electron chi connectivity index (χ4n) is 3.36. The number of rotatable bonds is 3. The molecule has 2 aliphatic rings. The van der Waals surface area contributed by atoms with Gasteiger partial charge in [-0.1, -0.05) is 0 Å². The Bertz CT molecular complexity index is 206. The van der Waals surface area contributed by atoms with Gasteiger partial charge in [0.1, 0.15) is 0 Å². The van der Waals surface area contributed by atoms with Crippen LogP contribution in [-0.4, -0.2) is 50.3 Å². The van der Waals surface area contributed by atoms with Crippen LogP contribution in [0.5, 0.6) is 0 Å². The molecule has 0 radical (unpaired) electrons. The standard InChI is InChI=1S/C14H28N2O/c1-15-12-5-7-14(8-6-12)16(2)13-4-3-10-17-11-9-13/h12-15H,3-11H2,1-2H3. The van der Waals surface area contributed by atoms with Crippen LogP contribution in [0.1, 0.15) is 44.9 Å². The summed E-state index contributed by atoms with van der Waals surface area (Å²) in [5.74, 6) is 0. The first-order valence-corrected chi connectivity index (χ1v) is 7.28. The Kier molecular flexibility index (Phi) is 5.26. The van der Waals surface area contributed by atoms with Gasteiger partial charge in [-0.2, -0.15) is 0 Å². The highest BCUT2D eigenvalue weighted by atomic mass is 16.5. The van der Waals surface area contributed by atoms with E-state index in [1.165, 1.54) is 44.9 Å². The zero-order chi connectivity index (χ0) is 12.1. The molecule has 1 saturated heterocycles. The second-order valence-corrected chi connectivity index (χ2v) is 5.66. The maximum atomic E-state index is 5.56. The second-order valence-electron chi connectivity index (χ2n) is 5.66. The Morgan fingerprint density at radius 1 is 0.941 bits per heavy atom. The highest BCUT2D eigenvalue weighted by Crippen LogP contribution is 2.26. The van der Waals surface area contributed by atoms with Gasteiger partial charge in [-0.3, -0.25) is 0 Å². The van der Waals surface area contributed by atoms with E-state index in [-0.39, 0.29) is 0 Å². The molecule has 3 nitrogen and oxygen atoms in total. The zero-order valence-corrected chi connectivity index (χ0v) is 11.5. The summed E-state index contributed by atoms with van der Waals surface area (Å²) >= 11 is 0. The summed E-state index contributed by atoms with van der Waals surface area (Å²) in [4.78, 5) is 2.65. The average Bonchev–Trinajstić information content (AvgIpc) is 2.67. The molecule has 0 aromatic rings. The fourth-order valence-corrected chi connectivity index (χ4v) is 3.36. The summed E-state index contributed by atoms with van der Waals surface area (Å²) in [6.07, 6.45) is 9.19. The largest absolute Gasteiger partial charge is 0.381 e. The Labute approximate surface area is 106 Å². The third kappa shape index (κ3) is 3.67. The van der Waals surface area contributed by atoms with Gasteiger partial charge in [-0.15, -0.1) is 0 Å². The minimum absolute atomic E-state index is 0.758. The van der Waals surface area contributed by atoms with Gasteiger partial charge in [0, 0.05) is 31.3 Å². The summed E-state index contributed by atoms with van der Waals surface area (Å²) in [5, 5.41) is 3.41. The van der Waals surface area contributed by atoms with Crippen LogP contribution in [0, 0.1) is 0 Å². The molecule has 1 heterocycles. The van der Waals surface area contributed by atoms with Gasteiger partial charge in [0.05, 0.1) is 0 Å². The van der Waals surface area contributed by atoms with Gasteiger partial charge in [0.2, 0.25) is 0 Å². The number of hydrogen-bond acceptors (Lipinski definition) is 3. The van der Waals surface area contributed by atoms with Crippen LogP contribution in [0.15, 0.2) is 0 Å². The van der Waals surface area contributed by atoms with Crippen molar-refractivity contribution in [2.75, 3.05) is 27.3 Å². The van der Waals surface area contributed by atoms with Crippen LogP contribution in [0.2, 0.25) is 0 Å². The van der Waals surface area contributed by atoms with Crippen molar-refractivity contribution >= 4 is 0 Å². The summed E-state index contributed by atoms with van der Waals surface area (Å²) in [5.41, 5.74) is 0. The lowest BCUT2D eigenvalue weighted by Crippen LogP contribution is -2.44. The molecular weight excluding hydrogens is 212 g/mol. The lowest BCUT2D eigenvalue weighted by Gasteiger charge is -2.38.